The minimum atomic E-state index is -1.65. The summed E-state index contributed by atoms with van der Waals surface area (Å²) in [5.74, 6) is 0.683. The maximum absolute atomic E-state index is 10.5. The van der Waals surface area contributed by atoms with Crippen molar-refractivity contribution in [2.24, 2.45) is 11.8 Å². The Morgan fingerprint density at radius 1 is 0.519 bits per heavy atom. The van der Waals surface area contributed by atoms with Gasteiger partial charge in [-0.2, -0.15) is 0 Å². The van der Waals surface area contributed by atoms with Crippen LogP contribution in [0.5, 0.6) is 34.5 Å². The monoisotopic (exact) mass is 742 g/mol. The van der Waals surface area contributed by atoms with Crippen LogP contribution in [0.4, 0.5) is 0 Å². The van der Waals surface area contributed by atoms with Crippen LogP contribution in [0.3, 0.4) is 0 Å². The maximum atomic E-state index is 10.5. The Morgan fingerprint density at radius 3 is 1.13 bits per heavy atom. The fraction of sp³-hybridized carbons (Fsp3) is 0.647. The average molecular weight is 743 g/mol. The van der Waals surface area contributed by atoms with Gasteiger partial charge in [-0.1, -0.05) is 0 Å². The second-order valence-electron chi connectivity index (χ2n) is 13.0. The largest absolute Gasteiger partial charge is 0.493 e. The summed E-state index contributed by atoms with van der Waals surface area (Å²) in [5, 5.41) is 81.0. The van der Waals surface area contributed by atoms with Crippen molar-refractivity contribution < 1.29 is 88.2 Å². The van der Waals surface area contributed by atoms with Gasteiger partial charge in [0.15, 0.2) is 23.0 Å². The minimum absolute atomic E-state index is 0.0541. The van der Waals surface area contributed by atoms with Gasteiger partial charge in [-0.05, 0) is 35.4 Å². The van der Waals surface area contributed by atoms with Gasteiger partial charge < -0.3 is 88.2 Å². The predicted molar refractivity (Wildman–Crippen MR) is 172 cm³/mol. The molecule has 2 aromatic carbocycles. The third-order valence-corrected chi connectivity index (χ3v) is 10.1. The van der Waals surface area contributed by atoms with Crippen molar-refractivity contribution >= 4 is 0 Å². The Balaban J connectivity index is 1.22. The lowest BCUT2D eigenvalue weighted by Crippen LogP contribution is -2.60. The molecule has 14 atom stereocenters. The number of methoxy groups -OCH3 is 4. The standard InChI is InChI=1S/C34H46O18/c1-43-17-5-13(6-18(44-2)31(17)51-33-27(41)25(39)23(37)21(9-35)49-33)29-15-11-48-30(16(15)12-47-29)14-7-19(45-3)32(20(8-14)46-4)52-34-28(42)26(40)24(38)22(10-36)50-34/h5-8,15-16,21-30,33-42H,9-12H2,1-4H3/t15-,16-,21-,22-,23-,24-,25+,26+,27-,28-,29-,30+,33-,34-/m1/s1. The number of fused-ring (bicyclic) bond motifs is 1. The second-order valence-corrected chi connectivity index (χ2v) is 13.0. The van der Waals surface area contributed by atoms with Crippen molar-refractivity contribution in [1.82, 2.24) is 0 Å². The van der Waals surface area contributed by atoms with E-state index in [4.69, 9.17) is 47.4 Å². The molecule has 52 heavy (non-hydrogen) atoms. The summed E-state index contributed by atoms with van der Waals surface area (Å²) in [4.78, 5) is 0. The van der Waals surface area contributed by atoms with Gasteiger partial charge in [-0.15, -0.1) is 0 Å². The van der Waals surface area contributed by atoms with Crippen molar-refractivity contribution in [2.75, 3.05) is 54.9 Å². The summed E-state index contributed by atoms with van der Waals surface area (Å²) >= 11 is 0. The number of hydrogen-bond acceptors (Lipinski definition) is 18. The first-order valence-electron chi connectivity index (χ1n) is 16.7. The van der Waals surface area contributed by atoms with Crippen molar-refractivity contribution in [2.45, 2.75) is 73.6 Å². The summed E-state index contributed by atoms with van der Waals surface area (Å²) < 4.78 is 58.0. The first kappa shape index (κ1) is 38.5. The van der Waals surface area contributed by atoms with Crippen LogP contribution in [-0.2, 0) is 18.9 Å². The minimum Gasteiger partial charge on any atom is -0.493 e. The molecule has 0 amide bonds. The van der Waals surface area contributed by atoms with Gasteiger partial charge in [0.25, 0.3) is 0 Å². The van der Waals surface area contributed by atoms with E-state index >= 15 is 0 Å². The lowest BCUT2D eigenvalue weighted by molar-refractivity contribution is -0.277. The highest BCUT2D eigenvalue weighted by atomic mass is 16.7. The number of hydrogen-bond donors (Lipinski definition) is 8. The average Bonchev–Trinajstić information content (AvgIpc) is 3.78. The summed E-state index contributed by atoms with van der Waals surface area (Å²) in [7, 11) is 5.66. The molecule has 290 valence electrons. The van der Waals surface area contributed by atoms with Crippen LogP contribution in [0.2, 0.25) is 0 Å². The smallest absolute Gasteiger partial charge is 0.229 e. The van der Waals surface area contributed by atoms with Gasteiger partial charge in [-0.25, -0.2) is 0 Å². The Kier molecular flexibility index (Phi) is 11.8. The van der Waals surface area contributed by atoms with Gasteiger partial charge in [0.1, 0.15) is 48.8 Å². The van der Waals surface area contributed by atoms with E-state index in [1.807, 2.05) is 0 Å². The van der Waals surface area contributed by atoms with Gasteiger partial charge in [0.2, 0.25) is 24.1 Å². The molecular formula is C34H46O18. The Hall–Kier alpha value is -3.24. The maximum Gasteiger partial charge on any atom is 0.229 e. The SMILES string of the molecule is COc1cc([C@H]2OC[C@@H]3[C@H]2CO[C@H]3c2cc(OC)c(O[C@H]3O[C@H](CO)[C@@H](O)[C@H](O)[C@H]3O)c(OC)c2)cc(OC)c1O[C@H]1O[C@H](CO)[C@@H](O)[C@H](O)[C@H]1O. The molecule has 0 spiro atoms. The molecule has 0 aliphatic carbocycles. The molecule has 0 bridgehead atoms. The zero-order valence-corrected chi connectivity index (χ0v) is 28.9. The molecule has 0 unspecified atom stereocenters. The molecule has 8 N–H and O–H groups in total. The molecule has 2 aromatic rings. The van der Waals surface area contributed by atoms with Crippen molar-refractivity contribution in [3.63, 3.8) is 0 Å². The van der Waals surface area contributed by atoms with E-state index in [1.165, 1.54) is 28.4 Å². The number of aliphatic hydroxyl groups is 8. The first-order chi connectivity index (χ1) is 25.0. The molecule has 18 heteroatoms. The molecule has 0 saturated carbocycles. The van der Waals surface area contributed by atoms with Crippen LogP contribution in [0, 0.1) is 11.8 Å². The molecule has 4 fully saturated rings. The zero-order valence-electron chi connectivity index (χ0n) is 28.9. The van der Waals surface area contributed by atoms with E-state index < -0.39 is 86.8 Å². The molecule has 4 aliphatic rings. The van der Waals surface area contributed by atoms with Gasteiger partial charge in [0.05, 0.1) is 67.1 Å². The molecule has 18 nitrogen and oxygen atoms in total. The summed E-state index contributed by atoms with van der Waals surface area (Å²) in [6, 6.07) is 6.78. The normalized spacial score (nSPS) is 37.3. The third-order valence-electron chi connectivity index (χ3n) is 10.1. The van der Waals surface area contributed by atoms with Crippen LogP contribution < -0.4 is 28.4 Å². The summed E-state index contributed by atoms with van der Waals surface area (Å²) in [6.45, 7) is -0.604. The number of rotatable bonds is 12. The summed E-state index contributed by atoms with van der Waals surface area (Å²) in [5.41, 5.74) is 1.37. The molecular weight excluding hydrogens is 696 g/mol. The first-order valence-corrected chi connectivity index (χ1v) is 16.7. The molecule has 4 aliphatic heterocycles. The fourth-order valence-corrected chi connectivity index (χ4v) is 7.16. The van der Waals surface area contributed by atoms with E-state index in [2.05, 4.69) is 0 Å². The lowest BCUT2D eigenvalue weighted by atomic mass is 9.84. The molecule has 4 saturated heterocycles. The van der Waals surface area contributed by atoms with Gasteiger partial charge in [-0.3, -0.25) is 0 Å². The Bertz CT molecular complexity index is 1360. The Labute approximate surface area is 298 Å². The fourth-order valence-electron chi connectivity index (χ4n) is 7.16. The van der Waals surface area contributed by atoms with Crippen molar-refractivity contribution in [3.05, 3.63) is 35.4 Å². The van der Waals surface area contributed by atoms with Crippen LogP contribution in [0.1, 0.15) is 23.3 Å². The van der Waals surface area contributed by atoms with Crippen LogP contribution in [-0.4, -0.2) is 157 Å². The highest BCUT2D eigenvalue weighted by Crippen LogP contribution is 2.54. The molecule has 4 heterocycles. The highest BCUT2D eigenvalue weighted by Gasteiger charge is 2.50. The van der Waals surface area contributed by atoms with Crippen molar-refractivity contribution in [3.8, 4) is 34.5 Å². The molecule has 0 aromatic heterocycles. The predicted octanol–water partition coefficient (Wildman–Crippen LogP) is -1.85. The van der Waals surface area contributed by atoms with E-state index in [-0.39, 0.29) is 46.3 Å². The molecule has 0 radical (unpaired) electrons. The van der Waals surface area contributed by atoms with Crippen LogP contribution in [0.25, 0.3) is 0 Å². The second kappa shape index (κ2) is 16.0. The van der Waals surface area contributed by atoms with E-state index in [9.17, 15) is 40.9 Å². The number of ether oxygens (including phenoxy) is 10. The summed E-state index contributed by atoms with van der Waals surface area (Å²) in [6.07, 6.45) is -15.9. The highest BCUT2D eigenvalue weighted by molar-refractivity contribution is 5.56. The van der Waals surface area contributed by atoms with Gasteiger partial charge in [0, 0.05) is 11.8 Å². The third kappa shape index (κ3) is 6.94. The van der Waals surface area contributed by atoms with Gasteiger partial charge >= 0.3 is 0 Å². The topological polar surface area (TPSA) is 254 Å². The van der Waals surface area contributed by atoms with E-state index in [1.54, 1.807) is 24.3 Å². The van der Waals surface area contributed by atoms with Crippen LogP contribution in [0.15, 0.2) is 24.3 Å². The Morgan fingerprint density at radius 2 is 0.846 bits per heavy atom. The van der Waals surface area contributed by atoms with E-state index in [0.29, 0.717) is 24.3 Å². The molecule has 6 rings (SSSR count). The lowest BCUT2D eigenvalue weighted by Gasteiger charge is -2.39. The number of benzene rings is 2. The zero-order chi connectivity index (χ0) is 37.4. The van der Waals surface area contributed by atoms with E-state index in [0.717, 1.165) is 0 Å². The van der Waals surface area contributed by atoms with Crippen LogP contribution >= 0.6 is 0 Å². The van der Waals surface area contributed by atoms with Crippen molar-refractivity contribution in [1.29, 1.82) is 0 Å². The quantitative estimate of drug-likeness (QED) is 0.119. The number of aliphatic hydroxyl groups excluding tert-OH is 8.